The third-order valence-electron chi connectivity index (χ3n) is 5.92. The summed E-state index contributed by atoms with van der Waals surface area (Å²) in [7, 11) is 1.65. The van der Waals surface area contributed by atoms with E-state index in [4.69, 9.17) is 4.74 Å². The molecule has 1 amide bonds. The van der Waals surface area contributed by atoms with Crippen molar-refractivity contribution in [1.29, 1.82) is 0 Å². The molecule has 0 unspecified atom stereocenters. The number of methoxy groups -OCH3 is 1. The number of amides is 1. The molecular formula is C26H29N3O2. The number of likely N-dealkylation sites (tertiary alicyclic amines) is 1. The van der Waals surface area contributed by atoms with E-state index in [1.807, 2.05) is 72.6 Å². The summed E-state index contributed by atoms with van der Waals surface area (Å²) in [5.41, 5.74) is 4.01. The second-order valence-corrected chi connectivity index (χ2v) is 8.11. The Morgan fingerprint density at radius 3 is 2.39 bits per heavy atom. The maximum atomic E-state index is 13.6. The predicted molar refractivity (Wildman–Crippen MR) is 124 cm³/mol. The lowest BCUT2D eigenvalue weighted by atomic mass is 10.00. The van der Waals surface area contributed by atoms with Crippen LogP contribution in [-0.2, 0) is 6.54 Å². The lowest BCUT2D eigenvalue weighted by molar-refractivity contribution is 0.0958. The van der Waals surface area contributed by atoms with Crippen LogP contribution in [0.4, 0.5) is 5.69 Å². The summed E-state index contributed by atoms with van der Waals surface area (Å²) >= 11 is 0. The molecule has 1 aliphatic rings. The summed E-state index contributed by atoms with van der Waals surface area (Å²) in [5, 5.41) is 0. The van der Waals surface area contributed by atoms with Gasteiger partial charge in [0.25, 0.3) is 5.91 Å². The van der Waals surface area contributed by atoms with Gasteiger partial charge in [-0.15, -0.1) is 0 Å². The predicted octanol–water partition coefficient (Wildman–Crippen LogP) is 4.71. The van der Waals surface area contributed by atoms with Gasteiger partial charge in [-0.1, -0.05) is 23.8 Å². The second kappa shape index (κ2) is 9.75. The molecule has 1 saturated heterocycles. The number of carbonyl (C=O) groups is 1. The van der Waals surface area contributed by atoms with Gasteiger partial charge < -0.3 is 9.64 Å². The maximum absolute atomic E-state index is 13.6. The highest BCUT2D eigenvalue weighted by molar-refractivity contribution is 6.06. The fraction of sp³-hybridized carbons (Fsp3) is 0.308. The molecule has 0 radical (unpaired) electrons. The lowest BCUT2D eigenvalue weighted by Crippen LogP contribution is -2.47. The molecule has 0 N–H and O–H groups in total. The topological polar surface area (TPSA) is 45.7 Å². The molecule has 31 heavy (non-hydrogen) atoms. The molecule has 0 spiro atoms. The highest BCUT2D eigenvalue weighted by Crippen LogP contribution is 2.28. The number of aryl methyl sites for hydroxylation is 1. The van der Waals surface area contributed by atoms with E-state index in [9.17, 15) is 4.79 Å². The molecule has 5 nitrogen and oxygen atoms in total. The van der Waals surface area contributed by atoms with E-state index < -0.39 is 0 Å². The first kappa shape index (κ1) is 21.1. The molecule has 5 heteroatoms. The number of carbonyl (C=O) groups excluding carboxylic acids is 1. The van der Waals surface area contributed by atoms with Gasteiger partial charge in [-0.25, -0.2) is 0 Å². The van der Waals surface area contributed by atoms with Crippen molar-refractivity contribution in [2.24, 2.45) is 0 Å². The summed E-state index contributed by atoms with van der Waals surface area (Å²) in [5.74, 6) is 0.841. The van der Waals surface area contributed by atoms with E-state index in [0.717, 1.165) is 55.0 Å². The Balaban J connectivity index is 1.53. The van der Waals surface area contributed by atoms with Crippen LogP contribution in [0.3, 0.4) is 0 Å². The molecule has 0 bridgehead atoms. The van der Waals surface area contributed by atoms with Gasteiger partial charge in [-0.2, -0.15) is 0 Å². The van der Waals surface area contributed by atoms with Gasteiger partial charge in [0.15, 0.2) is 0 Å². The third kappa shape index (κ3) is 5.12. The van der Waals surface area contributed by atoms with E-state index >= 15 is 0 Å². The van der Waals surface area contributed by atoms with Crippen LogP contribution in [0.15, 0.2) is 73.1 Å². The van der Waals surface area contributed by atoms with Crippen LogP contribution in [0.1, 0.15) is 34.3 Å². The van der Waals surface area contributed by atoms with E-state index in [1.165, 1.54) is 5.56 Å². The van der Waals surface area contributed by atoms with Gasteiger partial charge in [-0.3, -0.25) is 14.7 Å². The highest BCUT2D eigenvalue weighted by atomic mass is 16.5. The molecule has 4 rings (SSSR count). The number of anilines is 1. The fourth-order valence-electron chi connectivity index (χ4n) is 4.16. The number of hydrogen-bond donors (Lipinski definition) is 0. The molecule has 160 valence electrons. The molecule has 2 aromatic carbocycles. The molecule has 2 heterocycles. The van der Waals surface area contributed by atoms with Crippen molar-refractivity contribution in [3.63, 3.8) is 0 Å². The van der Waals surface area contributed by atoms with E-state index in [1.54, 1.807) is 13.3 Å². The number of rotatable bonds is 6. The van der Waals surface area contributed by atoms with Crippen LogP contribution in [-0.4, -0.2) is 42.0 Å². The van der Waals surface area contributed by atoms with Crippen molar-refractivity contribution in [3.8, 4) is 5.75 Å². The lowest BCUT2D eigenvalue weighted by Gasteiger charge is -2.38. The number of benzene rings is 2. The van der Waals surface area contributed by atoms with Gasteiger partial charge >= 0.3 is 0 Å². The first-order valence-electron chi connectivity index (χ1n) is 10.8. The zero-order valence-electron chi connectivity index (χ0n) is 18.2. The zero-order chi connectivity index (χ0) is 21.6. The standard InChI is InChI=1S/C26H29N3O2/c1-20-5-7-22(8-6-20)26(30)29(23-9-11-25(31-2)12-10-23)24-13-16-28(17-14-24)19-21-4-3-15-27-18-21/h3-12,15,18,24H,13-14,16-17,19H2,1-2H3. The van der Waals surface area contributed by atoms with Crippen molar-refractivity contribution >= 4 is 11.6 Å². The Bertz CT molecular complexity index is 979. The van der Waals surface area contributed by atoms with Gasteiger partial charge in [0.2, 0.25) is 0 Å². The average molecular weight is 416 g/mol. The number of hydrogen-bond acceptors (Lipinski definition) is 4. The number of nitrogens with zero attached hydrogens (tertiary/aromatic N) is 3. The molecule has 0 aliphatic carbocycles. The number of ether oxygens (including phenoxy) is 1. The Morgan fingerprint density at radius 1 is 1.06 bits per heavy atom. The molecule has 3 aromatic rings. The second-order valence-electron chi connectivity index (χ2n) is 8.11. The minimum absolute atomic E-state index is 0.0517. The van der Waals surface area contributed by atoms with E-state index in [2.05, 4.69) is 16.0 Å². The van der Waals surface area contributed by atoms with Crippen molar-refractivity contribution in [2.45, 2.75) is 32.4 Å². The van der Waals surface area contributed by atoms with Gasteiger partial charge in [0, 0.05) is 49.3 Å². The van der Waals surface area contributed by atoms with Crippen LogP contribution >= 0.6 is 0 Å². The first-order chi connectivity index (χ1) is 15.1. The normalized spacial score (nSPS) is 14.9. The molecular weight excluding hydrogens is 386 g/mol. The Hall–Kier alpha value is -3.18. The van der Waals surface area contributed by atoms with Crippen molar-refractivity contribution in [2.75, 3.05) is 25.1 Å². The fourth-order valence-corrected chi connectivity index (χ4v) is 4.16. The quantitative estimate of drug-likeness (QED) is 0.585. The van der Waals surface area contributed by atoms with Crippen LogP contribution in [0.25, 0.3) is 0 Å². The largest absolute Gasteiger partial charge is 0.497 e. The third-order valence-corrected chi connectivity index (χ3v) is 5.92. The van der Waals surface area contributed by atoms with Gasteiger partial charge in [-0.05, 0) is 67.8 Å². The Kier molecular flexibility index (Phi) is 6.63. The molecule has 1 aromatic heterocycles. The smallest absolute Gasteiger partial charge is 0.258 e. The molecule has 0 saturated carbocycles. The van der Waals surface area contributed by atoms with Crippen LogP contribution < -0.4 is 9.64 Å². The van der Waals surface area contributed by atoms with Crippen LogP contribution in [0.5, 0.6) is 5.75 Å². The number of aromatic nitrogens is 1. The number of pyridine rings is 1. The summed E-state index contributed by atoms with van der Waals surface area (Å²) in [6.45, 7) is 4.84. The van der Waals surface area contributed by atoms with Crippen molar-refractivity contribution in [3.05, 3.63) is 89.7 Å². The summed E-state index contributed by atoms with van der Waals surface area (Å²) in [6.07, 6.45) is 5.60. The Labute approximate surface area is 184 Å². The molecule has 1 fully saturated rings. The summed E-state index contributed by atoms with van der Waals surface area (Å²) < 4.78 is 5.31. The minimum atomic E-state index is 0.0517. The minimum Gasteiger partial charge on any atom is -0.497 e. The zero-order valence-corrected chi connectivity index (χ0v) is 18.2. The van der Waals surface area contributed by atoms with Gasteiger partial charge in [0.05, 0.1) is 7.11 Å². The van der Waals surface area contributed by atoms with Crippen molar-refractivity contribution in [1.82, 2.24) is 9.88 Å². The summed E-state index contributed by atoms with van der Waals surface area (Å²) in [6, 6.07) is 19.9. The monoisotopic (exact) mass is 415 g/mol. The maximum Gasteiger partial charge on any atom is 0.258 e. The van der Waals surface area contributed by atoms with Gasteiger partial charge in [0.1, 0.15) is 5.75 Å². The van der Waals surface area contributed by atoms with Crippen molar-refractivity contribution < 1.29 is 9.53 Å². The number of piperidine rings is 1. The first-order valence-corrected chi connectivity index (χ1v) is 10.8. The van der Waals surface area contributed by atoms with E-state index in [-0.39, 0.29) is 11.9 Å². The highest BCUT2D eigenvalue weighted by Gasteiger charge is 2.30. The molecule has 0 atom stereocenters. The SMILES string of the molecule is COc1ccc(N(C(=O)c2ccc(C)cc2)C2CCN(Cc3cccnc3)CC2)cc1. The Morgan fingerprint density at radius 2 is 1.77 bits per heavy atom. The van der Waals surface area contributed by atoms with Crippen LogP contribution in [0, 0.1) is 6.92 Å². The summed E-state index contributed by atoms with van der Waals surface area (Å²) in [4.78, 5) is 22.2. The average Bonchev–Trinajstić information content (AvgIpc) is 2.82. The van der Waals surface area contributed by atoms with E-state index in [0.29, 0.717) is 0 Å². The van der Waals surface area contributed by atoms with Crippen LogP contribution in [0.2, 0.25) is 0 Å². The molecule has 1 aliphatic heterocycles.